The second-order valence-electron chi connectivity index (χ2n) is 2.88. The Morgan fingerprint density at radius 1 is 1.27 bits per heavy atom. The normalized spacial score (nSPS) is 10.5. The van der Waals surface area contributed by atoms with Crippen molar-refractivity contribution >= 4 is 11.8 Å². The minimum absolute atomic E-state index is 0.564. The van der Waals surface area contributed by atoms with Crippen LogP contribution >= 0.6 is 11.8 Å². The second-order valence-corrected chi connectivity index (χ2v) is 3.81. The van der Waals surface area contributed by atoms with Gasteiger partial charge >= 0.3 is 0 Å². The molecule has 4 nitrogen and oxygen atoms in total. The van der Waals surface area contributed by atoms with Gasteiger partial charge in [-0.05, 0) is 30.9 Å². The van der Waals surface area contributed by atoms with E-state index in [2.05, 4.69) is 15.5 Å². The van der Waals surface area contributed by atoms with Crippen LogP contribution in [0.4, 0.5) is 0 Å². The van der Waals surface area contributed by atoms with E-state index in [1.165, 1.54) is 11.8 Å². The number of nitrogens with one attached hydrogen (secondary N) is 1. The summed E-state index contributed by atoms with van der Waals surface area (Å²) in [6.07, 6.45) is 0. The van der Waals surface area contributed by atoms with Crippen molar-refractivity contribution in [2.75, 3.05) is 12.9 Å². The molecule has 0 aliphatic rings. The van der Waals surface area contributed by atoms with Crippen LogP contribution in [0.2, 0.25) is 0 Å². The van der Waals surface area contributed by atoms with E-state index in [1.54, 1.807) is 0 Å². The second kappa shape index (κ2) is 4.95. The van der Waals surface area contributed by atoms with Gasteiger partial charge in [0.05, 0.1) is 5.88 Å². The Morgan fingerprint density at radius 3 is 2.80 bits per heavy atom. The number of hydrogen-bond donors (Lipinski definition) is 1. The van der Waals surface area contributed by atoms with Gasteiger partial charge in [0, 0.05) is 5.56 Å². The van der Waals surface area contributed by atoms with Gasteiger partial charge in [-0.25, -0.2) is 0 Å². The van der Waals surface area contributed by atoms with E-state index in [4.69, 9.17) is 4.42 Å². The number of aromatic nitrogens is 2. The average molecular weight is 221 g/mol. The van der Waals surface area contributed by atoms with Crippen molar-refractivity contribution in [3.05, 3.63) is 30.3 Å². The third kappa shape index (κ3) is 2.57. The molecule has 78 valence electrons. The van der Waals surface area contributed by atoms with E-state index >= 15 is 0 Å². The zero-order valence-corrected chi connectivity index (χ0v) is 9.12. The molecule has 0 spiro atoms. The summed E-state index contributed by atoms with van der Waals surface area (Å²) in [5.41, 5.74) is 0.946. The fourth-order valence-electron chi connectivity index (χ4n) is 1.10. The zero-order valence-electron chi connectivity index (χ0n) is 8.30. The van der Waals surface area contributed by atoms with Crippen molar-refractivity contribution in [1.82, 2.24) is 15.5 Å². The Morgan fingerprint density at radius 2 is 2.07 bits per heavy atom. The van der Waals surface area contributed by atoms with Crippen LogP contribution in [-0.2, 0) is 0 Å². The van der Waals surface area contributed by atoms with E-state index in [1.807, 2.05) is 37.4 Å². The van der Waals surface area contributed by atoms with Crippen LogP contribution < -0.4 is 5.32 Å². The molecular formula is C10H11N3OS. The first-order valence-electron chi connectivity index (χ1n) is 4.56. The first-order chi connectivity index (χ1) is 7.40. The Kier molecular flexibility index (Phi) is 3.37. The van der Waals surface area contributed by atoms with Gasteiger partial charge in [-0.3, -0.25) is 0 Å². The molecule has 0 radical (unpaired) electrons. The zero-order chi connectivity index (χ0) is 10.5. The van der Waals surface area contributed by atoms with Crippen molar-refractivity contribution in [1.29, 1.82) is 0 Å². The van der Waals surface area contributed by atoms with Crippen molar-refractivity contribution in [2.45, 2.75) is 5.22 Å². The Balaban J connectivity index is 2.14. The molecule has 2 aromatic rings. The lowest BCUT2D eigenvalue weighted by atomic mass is 10.2. The van der Waals surface area contributed by atoms with E-state index in [0.29, 0.717) is 11.1 Å². The molecule has 0 atom stereocenters. The summed E-state index contributed by atoms with van der Waals surface area (Å²) in [4.78, 5) is 0. The molecule has 2 rings (SSSR count). The molecule has 1 N–H and O–H groups in total. The van der Waals surface area contributed by atoms with E-state index in [9.17, 15) is 0 Å². The van der Waals surface area contributed by atoms with Crippen LogP contribution in [-0.4, -0.2) is 23.1 Å². The molecule has 1 heterocycles. The molecule has 0 bridgehead atoms. The molecule has 1 aromatic heterocycles. The fourth-order valence-corrected chi connectivity index (χ4v) is 1.60. The van der Waals surface area contributed by atoms with Crippen molar-refractivity contribution in [3.63, 3.8) is 0 Å². The maximum absolute atomic E-state index is 5.47. The minimum atomic E-state index is 0.564. The van der Waals surface area contributed by atoms with Crippen LogP contribution in [0.3, 0.4) is 0 Å². The predicted molar refractivity (Wildman–Crippen MR) is 59.5 cm³/mol. The molecule has 0 saturated carbocycles. The van der Waals surface area contributed by atoms with Crippen molar-refractivity contribution in [2.24, 2.45) is 0 Å². The molecule has 0 fully saturated rings. The lowest BCUT2D eigenvalue weighted by Gasteiger charge is -1.93. The maximum Gasteiger partial charge on any atom is 0.278 e. The molecular weight excluding hydrogens is 210 g/mol. The summed E-state index contributed by atoms with van der Waals surface area (Å²) in [5, 5.41) is 11.5. The first kappa shape index (κ1) is 10.2. The van der Waals surface area contributed by atoms with Gasteiger partial charge in [0.15, 0.2) is 0 Å². The lowest BCUT2D eigenvalue weighted by Crippen LogP contribution is -2.02. The van der Waals surface area contributed by atoms with Gasteiger partial charge in [0.25, 0.3) is 5.22 Å². The molecule has 0 unspecified atom stereocenters. The van der Waals surface area contributed by atoms with Crippen LogP contribution in [0.5, 0.6) is 0 Å². The smallest absolute Gasteiger partial charge is 0.278 e. The number of rotatable bonds is 4. The van der Waals surface area contributed by atoms with Crippen molar-refractivity contribution < 1.29 is 4.42 Å². The summed E-state index contributed by atoms with van der Waals surface area (Å²) in [7, 11) is 1.88. The highest BCUT2D eigenvalue weighted by molar-refractivity contribution is 7.99. The highest BCUT2D eigenvalue weighted by Crippen LogP contribution is 2.21. The van der Waals surface area contributed by atoms with Gasteiger partial charge in [0.2, 0.25) is 5.89 Å². The summed E-state index contributed by atoms with van der Waals surface area (Å²) in [6.45, 7) is 0. The first-order valence-corrected chi connectivity index (χ1v) is 5.55. The third-order valence-electron chi connectivity index (χ3n) is 1.77. The van der Waals surface area contributed by atoms with Gasteiger partial charge in [-0.15, -0.1) is 10.2 Å². The predicted octanol–water partition coefficient (Wildman–Crippen LogP) is 2.01. The van der Waals surface area contributed by atoms with Crippen molar-refractivity contribution in [3.8, 4) is 11.5 Å². The summed E-state index contributed by atoms with van der Waals surface area (Å²) in [6, 6.07) is 9.73. The molecule has 0 aliphatic heterocycles. The molecule has 0 amide bonds. The number of thioether (sulfide) groups is 1. The maximum atomic E-state index is 5.47. The number of nitrogens with zero attached hydrogens (tertiary/aromatic N) is 2. The number of benzene rings is 1. The fraction of sp³-hybridized carbons (Fsp3) is 0.200. The molecule has 15 heavy (non-hydrogen) atoms. The summed E-state index contributed by atoms with van der Waals surface area (Å²) >= 11 is 1.48. The molecule has 0 saturated heterocycles. The molecule has 5 heteroatoms. The Labute approximate surface area is 92.1 Å². The monoisotopic (exact) mass is 221 g/mol. The van der Waals surface area contributed by atoms with Crippen LogP contribution in [0.1, 0.15) is 0 Å². The molecule has 0 aliphatic carbocycles. The van der Waals surface area contributed by atoms with E-state index in [-0.39, 0.29) is 0 Å². The third-order valence-corrected chi connectivity index (χ3v) is 2.61. The summed E-state index contributed by atoms with van der Waals surface area (Å²) in [5.74, 6) is 1.32. The highest BCUT2D eigenvalue weighted by atomic mass is 32.2. The average Bonchev–Trinajstić information content (AvgIpc) is 2.76. The number of hydrogen-bond acceptors (Lipinski definition) is 5. The highest BCUT2D eigenvalue weighted by Gasteiger charge is 2.07. The van der Waals surface area contributed by atoms with Crippen LogP contribution in [0, 0.1) is 0 Å². The lowest BCUT2D eigenvalue weighted by molar-refractivity contribution is 0.465. The topological polar surface area (TPSA) is 51.0 Å². The quantitative estimate of drug-likeness (QED) is 0.632. The minimum Gasteiger partial charge on any atom is -0.411 e. The van der Waals surface area contributed by atoms with Crippen LogP contribution in [0.15, 0.2) is 40.0 Å². The van der Waals surface area contributed by atoms with Gasteiger partial charge in [0.1, 0.15) is 0 Å². The molecule has 1 aromatic carbocycles. The Hall–Kier alpha value is -1.33. The van der Waals surface area contributed by atoms with Gasteiger partial charge < -0.3 is 9.73 Å². The van der Waals surface area contributed by atoms with Gasteiger partial charge in [-0.1, -0.05) is 18.2 Å². The standard InChI is InChI=1S/C10H11N3OS/c1-11-7-15-10-13-12-9(14-10)8-5-3-2-4-6-8/h2-6,11H,7H2,1H3. The van der Waals surface area contributed by atoms with Gasteiger partial charge in [-0.2, -0.15) is 0 Å². The Bertz CT molecular complexity index is 416. The van der Waals surface area contributed by atoms with Crippen LogP contribution in [0.25, 0.3) is 11.5 Å². The summed E-state index contributed by atoms with van der Waals surface area (Å²) < 4.78 is 5.47. The SMILES string of the molecule is CNCSc1nnc(-c2ccccc2)o1. The largest absolute Gasteiger partial charge is 0.411 e. The van der Waals surface area contributed by atoms with E-state index in [0.717, 1.165) is 11.4 Å². The van der Waals surface area contributed by atoms with E-state index < -0.39 is 0 Å².